The molecule has 6 atom stereocenters. The maximum Gasteiger partial charge on any atom is 0.247 e. The largest absolute Gasteiger partial charge is 0.486 e. The Kier molecular flexibility index (Phi) is 6.87. The molecule has 1 aromatic rings. The van der Waals surface area contributed by atoms with Crippen LogP contribution in [0.15, 0.2) is 35.9 Å². The molecule has 2 amide bonds. The van der Waals surface area contributed by atoms with Gasteiger partial charge < -0.3 is 34.6 Å². The molecular formula is C25H32N2O7. The molecule has 0 aromatic heterocycles. The van der Waals surface area contributed by atoms with Crippen LogP contribution in [0.4, 0.5) is 0 Å². The van der Waals surface area contributed by atoms with Crippen LogP contribution in [0.1, 0.15) is 30.7 Å². The number of fused-ring (bicyclic) bond motifs is 3. The zero-order valence-corrected chi connectivity index (χ0v) is 19.1. The Bertz CT molecular complexity index is 939. The normalized spacial score (nSPS) is 31.9. The summed E-state index contributed by atoms with van der Waals surface area (Å²) in [5.74, 6) is -0.560. The molecular weight excluding hydrogens is 440 g/mol. The minimum atomic E-state index is -1.03. The van der Waals surface area contributed by atoms with E-state index in [1.165, 1.54) is 0 Å². The molecule has 9 nitrogen and oxygen atoms in total. The lowest BCUT2D eigenvalue weighted by atomic mass is 9.77. The summed E-state index contributed by atoms with van der Waals surface area (Å²) in [7, 11) is 0. The summed E-state index contributed by atoms with van der Waals surface area (Å²) in [6, 6.07) is 6.69. The lowest BCUT2D eigenvalue weighted by Gasteiger charge is -2.42. The van der Waals surface area contributed by atoms with E-state index in [2.05, 4.69) is 5.32 Å². The molecule has 0 spiro atoms. The van der Waals surface area contributed by atoms with Crippen LogP contribution in [0.3, 0.4) is 0 Å². The van der Waals surface area contributed by atoms with Crippen LogP contribution < -0.4 is 10.1 Å². The Morgan fingerprint density at radius 3 is 2.76 bits per heavy atom. The third-order valence-electron chi connectivity index (χ3n) is 7.22. The number of aliphatic hydroxyl groups is 2. The quantitative estimate of drug-likeness (QED) is 0.524. The van der Waals surface area contributed by atoms with Crippen molar-refractivity contribution in [2.75, 3.05) is 39.5 Å². The number of hydrogen-bond acceptors (Lipinski definition) is 7. The monoisotopic (exact) mass is 472 g/mol. The molecule has 3 aliphatic heterocycles. The summed E-state index contributed by atoms with van der Waals surface area (Å²) in [5, 5.41) is 23.5. The Balaban J connectivity index is 1.51. The molecule has 1 aromatic carbocycles. The zero-order valence-electron chi connectivity index (χ0n) is 19.1. The highest BCUT2D eigenvalue weighted by Gasteiger charge is 2.51. The SMILES string of the molecule is O=C(NCCO)C1=C[C@@H](N(C[C@H]2CCCO2)C(=O)C2CCOC2)[C@H](O)[C@H]2Oc3ccccc3[C@@H]12. The third-order valence-corrected chi connectivity index (χ3v) is 7.22. The molecule has 34 heavy (non-hydrogen) atoms. The number of carbonyl (C=O) groups is 2. The fourth-order valence-corrected chi connectivity index (χ4v) is 5.52. The predicted molar refractivity (Wildman–Crippen MR) is 121 cm³/mol. The maximum atomic E-state index is 13.6. The van der Waals surface area contributed by atoms with Crippen molar-refractivity contribution in [1.29, 1.82) is 0 Å². The lowest BCUT2D eigenvalue weighted by Crippen LogP contribution is -2.58. The van der Waals surface area contributed by atoms with Crippen molar-refractivity contribution in [3.8, 4) is 5.75 Å². The third kappa shape index (κ3) is 4.33. The van der Waals surface area contributed by atoms with E-state index in [9.17, 15) is 19.8 Å². The van der Waals surface area contributed by atoms with Crippen molar-refractivity contribution in [2.45, 2.75) is 49.5 Å². The van der Waals surface area contributed by atoms with E-state index in [1.54, 1.807) is 11.0 Å². The molecule has 3 N–H and O–H groups in total. The van der Waals surface area contributed by atoms with E-state index < -0.39 is 24.2 Å². The van der Waals surface area contributed by atoms with E-state index in [0.717, 1.165) is 18.4 Å². The number of benzene rings is 1. The van der Waals surface area contributed by atoms with Gasteiger partial charge in [-0.15, -0.1) is 0 Å². The number of ether oxygens (including phenoxy) is 3. The van der Waals surface area contributed by atoms with Crippen LogP contribution in [0, 0.1) is 5.92 Å². The van der Waals surface area contributed by atoms with Gasteiger partial charge in [0.05, 0.1) is 37.2 Å². The molecule has 184 valence electrons. The average molecular weight is 473 g/mol. The van der Waals surface area contributed by atoms with Gasteiger partial charge >= 0.3 is 0 Å². The molecule has 0 bridgehead atoms. The summed E-state index contributed by atoms with van der Waals surface area (Å²) in [6.45, 7) is 1.80. The number of amides is 2. The number of para-hydroxylation sites is 1. The molecule has 3 heterocycles. The van der Waals surface area contributed by atoms with E-state index in [1.807, 2.05) is 24.3 Å². The van der Waals surface area contributed by atoms with E-state index in [4.69, 9.17) is 14.2 Å². The predicted octanol–water partition coefficient (Wildman–Crippen LogP) is 0.353. The van der Waals surface area contributed by atoms with Gasteiger partial charge in [-0.1, -0.05) is 18.2 Å². The van der Waals surface area contributed by atoms with Crippen LogP contribution >= 0.6 is 0 Å². The summed E-state index contributed by atoms with van der Waals surface area (Å²) in [4.78, 5) is 28.5. The summed E-state index contributed by atoms with van der Waals surface area (Å²) in [6.07, 6.45) is 2.27. The first kappa shape index (κ1) is 23.3. The fraction of sp³-hybridized carbons (Fsp3) is 0.600. The summed E-state index contributed by atoms with van der Waals surface area (Å²) in [5.41, 5.74) is 1.27. The maximum absolute atomic E-state index is 13.6. The van der Waals surface area contributed by atoms with Crippen LogP contribution in [0.25, 0.3) is 0 Å². The van der Waals surface area contributed by atoms with Gasteiger partial charge in [-0.25, -0.2) is 0 Å². The standard InChI is InChI=1S/C25H32N2O7/c28-9-8-26-24(30)18-12-19(22(29)23-21(18)17-5-1-2-6-20(17)34-23)27(13-16-4-3-10-33-16)25(31)15-7-11-32-14-15/h1-2,5-6,12,15-16,19,21-23,28-29H,3-4,7-11,13-14H2,(H,26,30)/t15?,16-,19-,21+,22+,23+/m1/s1. The Morgan fingerprint density at radius 2 is 2.03 bits per heavy atom. The highest BCUT2D eigenvalue weighted by atomic mass is 16.5. The van der Waals surface area contributed by atoms with Gasteiger partial charge in [0.25, 0.3) is 0 Å². The van der Waals surface area contributed by atoms with Gasteiger partial charge in [-0.2, -0.15) is 0 Å². The summed E-state index contributed by atoms with van der Waals surface area (Å²) >= 11 is 0. The van der Waals surface area contributed by atoms with Gasteiger partial charge in [-0.05, 0) is 31.4 Å². The van der Waals surface area contributed by atoms with Crippen molar-refractivity contribution in [3.63, 3.8) is 0 Å². The Hall–Kier alpha value is -2.46. The first-order valence-electron chi connectivity index (χ1n) is 12.1. The first-order chi connectivity index (χ1) is 16.6. The van der Waals surface area contributed by atoms with Gasteiger partial charge in [0, 0.05) is 37.4 Å². The molecule has 1 unspecified atom stereocenters. The second-order valence-corrected chi connectivity index (χ2v) is 9.37. The molecule has 0 saturated carbocycles. The van der Waals surface area contributed by atoms with Gasteiger partial charge in [-0.3, -0.25) is 9.59 Å². The van der Waals surface area contributed by atoms with Crippen molar-refractivity contribution in [1.82, 2.24) is 10.2 Å². The first-order valence-corrected chi connectivity index (χ1v) is 12.1. The average Bonchev–Trinajstić information content (AvgIpc) is 3.62. The van der Waals surface area contributed by atoms with Gasteiger partial charge in [0.15, 0.2) is 0 Å². The highest BCUT2D eigenvalue weighted by Crippen LogP contribution is 2.47. The van der Waals surface area contributed by atoms with Gasteiger partial charge in [0.1, 0.15) is 18.0 Å². The smallest absolute Gasteiger partial charge is 0.247 e. The topological polar surface area (TPSA) is 118 Å². The van der Waals surface area contributed by atoms with Crippen molar-refractivity contribution < 1.29 is 34.0 Å². The second-order valence-electron chi connectivity index (χ2n) is 9.37. The van der Waals surface area contributed by atoms with E-state index in [0.29, 0.717) is 44.1 Å². The number of carbonyl (C=O) groups excluding carboxylic acids is 2. The number of nitrogens with zero attached hydrogens (tertiary/aromatic N) is 1. The minimum absolute atomic E-state index is 0.0997. The second kappa shape index (κ2) is 10.0. The zero-order chi connectivity index (χ0) is 23.7. The number of hydrogen-bond donors (Lipinski definition) is 3. The highest BCUT2D eigenvalue weighted by molar-refractivity contribution is 5.96. The molecule has 4 aliphatic rings. The van der Waals surface area contributed by atoms with Crippen molar-refractivity contribution in [3.05, 3.63) is 41.5 Å². The minimum Gasteiger partial charge on any atom is -0.486 e. The lowest BCUT2D eigenvalue weighted by molar-refractivity contribution is -0.143. The molecule has 2 fully saturated rings. The van der Waals surface area contributed by atoms with Crippen LogP contribution in [-0.4, -0.2) is 90.8 Å². The number of aliphatic hydroxyl groups excluding tert-OH is 2. The van der Waals surface area contributed by atoms with Crippen LogP contribution in [-0.2, 0) is 19.1 Å². The van der Waals surface area contributed by atoms with E-state index >= 15 is 0 Å². The molecule has 9 heteroatoms. The number of nitrogens with one attached hydrogen (secondary N) is 1. The fourth-order valence-electron chi connectivity index (χ4n) is 5.52. The Labute approximate surface area is 198 Å². The van der Waals surface area contributed by atoms with Crippen molar-refractivity contribution >= 4 is 11.8 Å². The molecule has 1 aliphatic carbocycles. The summed E-state index contributed by atoms with van der Waals surface area (Å²) < 4.78 is 17.4. The van der Waals surface area contributed by atoms with Crippen molar-refractivity contribution in [2.24, 2.45) is 5.92 Å². The van der Waals surface area contributed by atoms with Crippen LogP contribution in [0.5, 0.6) is 5.75 Å². The van der Waals surface area contributed by atoms with Gasteiger partial charge in [0.2, 0.25) is 11.8 Å². The molecule has 5 rings (SSSR count). The van der Waals surface area contributed by atoms with E-state index in [-0.39, 0.29) is 37.0 Å². The molecule has 2 saturated heterocycles. The van der Waals surface area contributed by atoms with Crippen LogP contribution in [0.2, 0.25) is 0 Å². The Morgan fingerprint density at radius 1 is 1.18 bits per heavy atom. The molecule has 0 radical (unpaired) electrons. The number of rotatable bonds is 7.